The number of aromatic nitrogens is 1. The quantitative estimate of drug-likeness (QED) is 0.909. The summed E-state index contributed by atoms with van der Waals surface area (Å²) < 4.78 is 0. The number of carboxylic acid groups (broad SMARTS) is 1. The maximum atomic E-state index is 10.8. The Morgan fingerprint density at radius 1 is 1.35 bits per heavy atom. The summed E-state index contributed by atoms with van der Waals surface area (Å²) in [6, 6.07) is 8.01. The highest BCUT2D eigenvalue weighted by Crippen LogP contribution is 2.31. The molecule has 0 bridgehead atoms. The molecule has 2 aromatic rings. The van der Waals surface area contributed by atoms with Crippen LogP contribution in [0.1, 0.15) is 24.6 Å². The van der Waals surface area contributed by atoms with Crippen LogP contribution in [0.25, 0.3) is 10.9 Å². The predicted molar refractivity (Wildman–Crippen MR) is 81.4 cm³/mol. The van der Waals surface area contributed by atoms with Crippen LogP contribution in [0.5, 0.6) is 0 Å². The van der Waals surface area contributed by atoms with Gasteiger partial charge in [-0.3, -0.25) is 9.78 Å². The van der Waals surface area contributed by atoms with Gasteiger partial charge in [0.2, 0.25) is 0 Å². The first kappa shape index (κ1) is 14.3. The van der Waals surface area contributed by atoms with Gasteiger partial charge in [0.05, 0.1) is 17.6 Å². The van der Waals surface area contributed by atoms with E-state index in [9.17, 15) is 4.79 Å². The molecule has 0 aliphatic rings. The van der Waals surface area contributed by atoms with Crippen molar-refractivity contribution in [3.8, 4) is 0 Å². The summed E-state index contributed by atoms with van der Waals surface area (Å²) in [5.74, 6) is -0.773. The van der Waals surface area contributed by atoms with E-state index >= 15 is 0 Å². The van der Waals surface area contributed by atoms with Gasteiger partial charge in [-0.2, -0.15) is 0 Å². The summed E-state index contributed by atoms with van der Waals surface area (Å²) in [6.45, 7) is 4.61. The average Bonchev–Trinajstić information content (AvgIpc) is 2.43. The Kier molecular flexibility index (Phi) is 4.23. The molecule has 0 amide bonds. The van der Waals surface area contributed by atoms with Crippen molar-refractivity contribution in [1.82, 2.24) is 4.98 Å². The smallest absolute Gasteiger partial charge is 0.305 e. The molecular weight excluding hydrogens is 252 g/mol. The van der Waals surface area contributed by atoms with E-state index in [4.69, 9.17) is 5.11 Å². The lowest BCUT2D eigenvalue weighted by molar-refractivity contribution is -0.136. The highest BCUT2D eigenvalue weighted by atomic mass is 16.4. The monoisotopic (exact) mass is 272 g/mol. The van der Waals surface area contributed by atoms with Gasteiger partial charge in [0, 0.05) is 24.7 Å². The normalized spacial score (nSPS) is 10.8. The van der Waals surface area contributed by atoms with E-state index in [0.717, 1.165) is 28.7 Å². The van der Waals surface area contributed by atoms with Crippen molar-refractivity contribution in [2.75, 3.05) is 18.5 Å². The fraction of sp³-hybridized carbons (Fsp3) is 0.375. The van der Waals surface area contributed by atoms with Gasteiger partial charge in [-0.1, -0.05) is 25.1 Å². The molecule has 1 aromatic heterocycles. The van der Waals surface area contributed by atoms with Crippen LogP contribution in [0, 0.1) is 6.92 Å². The minimum absolute atomic E-state index is 0.134. The Morgan fingerprint density at radius 2 is 2.05 bits per heavy atom. The number of nitrogens with zero attached hydrogens (tertiary/aromatic N) is 2. The number of carboxylic acids is 1. The predicted octanol–water partition coefficient (Wildman–Crippen LogP) is 3.02. The number of para-hydroxylation sites is 1. The highest BCUT2D eigenvalue weighted by Gasteiger charge is 2.15. The van der Waals surface area contributed by atoms with Gasteiger partial charge in [0.25, 0.3) is 0 Å². The molecular formula is C16H20N2O2. The van der Waals surface area contributed by atoms with Crippen molar-refractivity contribution < 1.29 is 9.90 Å². The Balaban J connectivity index is 2.55. The Bertz CT molecular complexity index is 638. The van der Waals surface area contributed by atoms with Crippen molar-refractivity contribution in [2.24, 2.45) is 0 Å². The molecule has 0 aliphatic heterocycles. The van der Waals surface area contributed by atoms with Crippen LogP contribution in [-0.2, 0) is 11.2 Å². The summed E-state index contributed by atoms with van der Waals surface area (Å²) in [6.07, 6.45) is 1.02. The standard InChI is InChI=1S/C16H20N2O2/c1-4-12-11(2)17-14-8-6-5-7-13(14)16(12)18(3)10-9-15(19)20/h5-8H,4,9-10H2,1-3H3,(H,19,20). The van der Waals surface area contributed by atoms with E-state index in [-0.39, 0.29) is 6.42 Å². The zero-order chi connectivity index (χ0) is 14.7. The fourth-order valence-corrected chi connectivity index (χ4v) is 2.59. The van der Waals surface area contributed by atoms with E-state index in [0.29, 0.717) is 6.54 Å². The number of pyridine rings is 1. The van der Waals surface area contributed by atoms with E-state index in [1.54, 1.807) is 0 Å². The molecule has 1 N–H and O–H groups in total. The molecule has 4 nitrogen and oxygen atoms in total. The van der Waals surface area contributed by atoms with Gasteiger partial charge < -0.3 is 10.0 Å². The molecule has 0 spiro atoms. The molecule has 106 valence electrons. The number of benzene rings is 1. The molecule has 0 aliphatic carbocycles. The molecule has 0 saturated heterocycles. The van der Waals surface area contributed by atoms with Crippen LogP contribution >= 0.6 is 0 Å². The van der Waals surface area contributed by atoms with Gasteiger partial charge in [-0.15, -0.1) is 0 Å². The molecule has 0 radical (unpaired) electrons. The molecule has 0 atom stereocenters. The lowest BCUT2D eigenvalue weighted by Crippen LogP contribution is -2.23. The molecule has 2 rings (SSSR count). The average molecular weight is 272 g/mol. The van der Waals surface area contributed by atoms with Crippen molar-refractivity contribution in [1.29, 1.82) is 0 Å². The lowest BCUT2D eigenvalue weighted by Gasteiger charge is -2.24. The minimum Gasteiger partial charge on any atom is -0.481 e. The van der Waals surface area contributed by atoms with Crippen molar-refractivity contribution in [3.05, 3.63) is 35.5 Å². The summed E-state index contributed by atoms with van der Waals surface area (Å²) in [4.78, 5) is 17.5. The van der Waals surface area contributed by atoms with Crippen LogP contribution < -0.4 is 4.90 Å². The second-order valence-electron chi connectivity index (χ2n) is 4.96. The third kappa shape index (κ3) is 2.74. The number of hydrogen-bond acceptors (Lipinski definition) is 3. The summed E-state index contributed by atoms with van der Waals surface area (Å²) in [7, 11) is 1.95. The van der Waals surface area contributed by atoms with Crippen molar-refractivity contribution in [2.45, 2.75) is 26.7 Å². The SMILES string of the molecule is CCc1c(C)nc2ccccc2c1N(C)CCC(=O)O. The Labute approximate surface area is 119 Å². The van der Waals surface area contributed by atoms with Gasteiger partial charge in [-0.05, 0) is 25.0 Å². The van der Waals surface area contributed by atoms with Gasteiger partial charge >= 0.3 is 5.97 Å². The fourth-order valence-electron chi connectivity index (χ4n) is 2.59. The third-order valence-corrected chi connectivity index (χ3v) is 3.57. The zero-order valence-electron chi connectivity index (χ0n) is 12.2. The molecule has 0 unspecified atom stereocenters. The van der Waals surface area contributed by atoms with Crippen molar-refractivity contribution >= 4 is 22.6 Å². The summed E-state index contributed by atoms with van der Waals surface area (Å²) in [5.41, 5.74) is 4.27. The van der Waals surface area contributed by atoms with E-state index in [1.165, 1.54) is 5.56 Å². The first-order valence-corrected chi connectivity index (χ1v) is 6.85. The van der Waals surface area contributed by atoms with Crippen LogP contribution in [0.3, 0.4) is 0 Å². The van der Waals surface area contributed by atoms with Gasteiger partial charge in [-0.25, -0.2) is 0 Å². The largest absolute Gasteiger partial charge is 0.481 e. The number of aliphatic carboxylic acids is 1. The molecule has 1 heterocycles. The topological polar surface area (TPSA) is 53.4 Å². The van der Waals surface area contributed by atoms with Crippen LogP contribution in [0.4, 0.5) is 5.69 Å². The maximum Gasteiger partial charge on any atom is 0.305 e. The number of carbonyl (C=O) groups is 1. The number of hydrogen-bond donors (Lipinski definition) is 1. The second kappa shape index (κ2) is 5.90. The molecule has 20 heavy (non-hydrogen) atoms. The lowest BCUT2D eigenvalue weighted by atomic mass is 10.0. The van der Waals surface area contributed by atoms with E-state index in [1.807, 2.05) is 43.1 Å². The highest BCUT2D eigenvalue weighted by molar-refractivity contribution is 5.94. The Hall–Kier alpha value is -2.10. The number of aryl methyl sites for hydroxylation is 1. The summed E-state index contributed by atoms with van der Waals surface area (Å²) in [5, 5.41) is 9.95. The third-order valence-electron chi connectivity index (χ3n) is 3.57. The Morgan fingerprint density at radius 3 is 2.70 bits per heavy atom. The first-order valence-electron chi connectivity index (χ1n) is 6.85. The molecule has 4 heteroatoms. The maximum absolute atomic E-state index is 10.8. The summed E-state index contributed by atoms with van der Waals surface area (Å²) >= 11 is 0. The number of fused-ring (bicyclic) bond motifs is 1. The minimum atomic E-state index is -0.773. The number of rotatable bonds is 5. The van der Waals surface area contributed by atoms with Gasteiger partial charge in [0.15, 0.2) is 0 Å². The first-order chi connectivity index (χ1) is 9.54. The van der Waals surface area contributed by atoms with Crippen LogP contribution in [-0.4, -0.2) is 29.7 Å². The van der Waals surface area contributed by atoms with Crippen LogP contribution in [0.2, 0.25) is 0 Å². The zero-order valence-corrected chi connectivity index (χ0v) is 12.2. The van der Waals surface area contributed by atoms with Crippen molar-refractivity contribution in [3.63, 3.8) is 0 Å². The molecule has 1 aromatic carbocycles. The van der Waals surface area contributed by atoms with E-state index < -0.39 is 5.97 Å². The molecule has 0 saturated carbocycles. The molecule has 0 fully saturated rings. The second-order valence-corrected chi connectivity index (χ2v) is 4.96. The van der Waals surface area contributed by atoms with E-state index in [2.05, 4.69) is 11.9 Å². The van der Waals surface area contributed by atoms with Gasteiger partial charge in [0.1, 0.15) is 0 Å². The van der Waals surface area contributed by atoms with Crippen LogP contribution in [0.15, 0.2) is 24.3 Å². The number of anilines is 1.